The van der Waals surface area contributed by atoms with Crippen molar-refractivity contribution < 1.29 is 9.52 Å². The number of benzene rings is 1. The molecule has 0 saturated heterocycles. The number of aliphatic hydroxyl groups is 1. The first-order valence-corrected chi connectivity index (χ1v) is 6.70. The molecule has 0 amide bonds. The van der Waals surface area contributed by atoms with Gasteiger partial charge in [-0.05, 0) is 24.1 Å². The molecule has 1 heterocycles. The second kappa shape index (κ2) is 6.50. The summed E-state index contributed by atoms with van der Waals surface area (Å²) >= 11 is 3.40. The van der Waals surface area contributed by atoms with Crippen LogP contribution in [0.25, 0.3) is 0 Å². The van der Waals surface area contributed by atoms with E-state index in [1.807, 2.05) is 24.3 Å². The van der Waals surface area contributed by atoms with Crippen molar-refractivity contribution in [1.82, 2.24) is 4.98 Å². The molecule has 4 nitrogen and oxygen atoms in total. The smallest absolute Gasteiger partial charge is 0.180 e. The lowest BCUT2D eigenvalue weighted by molar-refractivity contribution is 0.263. The topological polar surface area (TPSA) is 70.0 Å². The van der Waals surface area contributed by atoms with Gasteiger partial charge < -0.3 is 9.52 Å². The molecule has 19 heavy (non-hydrogen) atoms. The van der Waals surface area contributed by atoms with Crippen LogP contribution in [0, 0.1) is 11.3 Å². The third kappa shape index (κ3) is 3.22. The summed E-state index contributed by atoms with van der Waals surface area (Å²) in [6.45, 7) is -0.00243. The molecule has 1 aromatic heterocycles. The minimum atomic E-state index is -0.377. The van der Waals surface area contributed by atoms with Crippen molar-refractivity contribution in [2.24, 2.45) is 0 Å². The van der Waals surface area contributed by atoms with Gasteiger partial charge in [-0.3, -0.25) is 0 Å². The van der Waals surface area contributed by atoms with Crippen LogP contribution in [-0.2, 0) is 0 Å². The van der Waals surface area contributed by atoms with E-state index in [4.69, 9.17) is 4.42 Å². The number of aliphatic hydroxyl groups excluding tert-OH is 1. The maximum Gasteiger partial charge on any atom is 0.180 e. The maximum absolute atomic E-state index is 9.46. The summed E-state index contributed by atoms with van der Waals surface area (Å²) in [6.07, 6.45) is 3.40. The number of oxazole rings is 1. The molecule has 0 aliphatic rings. The first kappa shape index (κ1) is 13.8. The Hall–Kier alpha value is -1.64. The van der Waals surface area contributed by atoms with E-state index in [1.165, 1.54) is 6.39 Å². The minimum absolute atomic E-state index is 0.00243. The van der Waals surface area contributed by atoms with Gasteiger partial charge in [0, 0.05) is 17.0 Å². The maximum atomic E-state index is 9.46. The van der Waals surface area contributed by atoms with E-state index in [1.54, 1.807) is 6.20 Å². The number of nitrogens with zero attached hydrogens (tertiary/aromatic N) is 2. The Morgan fingerprint density at radius 2 is 2.32 bits per heavy atom. The van der Waals surface area contributed by atoms with Crippen LogP contribution in [0.2, 0.25) is 0 Å². The van der Waals surface area contributed by atoms with Crippen molar-refractivity contribution in [3.8, 4) is 6.07 Å². The third-order valence-corrected chi connectivity index (χ3v) is 3.50. The lowest BCUT2D eigenvalue weighted by Gasteiger charge is -2.19. The molecule has 2 rings (SSSR count). The van der Waals surface area contributed by atoms with E-state index in [0.717, 1.165) is 10.0 Å². The van der Waals surface area contributed by atoms with Crippen molar-refractivity contribution in [3.63, 3.8) is 0 Å². The summed E-state index contributed by atoms with van der Waals surface area (Å²) in [7, 11) is 0. The van der Waals surface area contributed by atoms with Gasteiger partial charge in [-0.15, -0.1) is 0 Å². The van der Waals surface area contributed by atoms with Crippen LogP contribution >= 0.6 is 15.9 Å². The summed E-state index contributed by atoms with van der Waals surface area (Å²) in [4.78, 5) is 3.89. The standard InChI is InChI=1S/C14H13BrN2O2/c15-11-3-1-2-10(6-11)13(7-16)12(4-5-18)14-8-17-9-19-14/h1-3,6,8-9,12-13,18H,4-5H2/t12-,13+/m0/s1. The molecule has 98 valence electrons. The van der Waals surface area contributed by atoms with Crippen LogP contribution in [0.5, 0.6) is 0 Å². The summed E-state index contributed by atoms with van der Waals surface area (Å²) in [5, 5.41) is 18.7. The molecule has 0 aliphatic carbocycles. The minimum Gasteiger partial charge on any atom is -0.448 e. The largest absolute Gasteiger partial charge is 0.448 e. The van der Waals surface area contributed by atoms with Gasteiger partial charge in [0.15, 0.2) is 6.39 Å². The molecule has 5 heteroatoms. The highest BCUT2D eigenvalue weighted by Crippen LogP contribution is 2.35. The number of halogens is 1. The molecule has 0 fully saturated rings. The highest BCUT2D eigenvalue weighted by molar-refractivity contribution is 9.10. The van der Waals surface area contributed by atoms with Gasteiger partial charge in [0.25, 0.3) is 0 Å². The molecule has 2 atom stereocenters. The van der Waals surface area contributed by atoms with Crippen molar-refractivity contribution in [2.45, 2.75) is 18.3 Å². The zero-order chi connectivity index (χ0) is 13.7. The van der Waals surface area contributed by atoms with Crippen LogP contribution in [0.3, 0.4) is 0 Å². The molecule has 1 aromatic carbocycles. The Kier molecular flexibility index (Phi) is 4.72. The van der Waals surface area contributed by atoms with E-state index >= 15 is 0 Å². The summed E-state index contributed by atoms with van der Waals surface area (Å²) in [5.74, 6) is 0.0463. The van der Waals surface area contributed by atoms with E-state index in [0.29, 0.717) is 12.2 Å². The fourth-order valence-electron chi connectivity index (χ4n) is 2.12. The summed E-state index contributed by atoms with van der Waals surface area (Å²) in [5.41, 5.74) is 0.895. The lowest BCUT2D eigenvalue weighted by atomic mass is 9.84. The fraction of sp³-hybridized carbons (Fsp3) is 0.286. The normalized spacial score (nSPS) is 13.7. The van der Waals surface area contributed by atoms with Gasteiger partial charge in [0.1, 0.15) is 5.76 Å². The number of hydrogen-bond donors (Lipinski definition) is 1. The van der Waals surface area contributed by atoms with Crippen molar-refractivity contribution >= 4 is 15.9 Å². The van der Waals surface area contributed by atoms with Crippen LogP contribution < -0.4 is 0 Å². The first-order valence-electron chi connectivity index (χ1n) is 5.90. The predicted octanol–water partition coefficient (Wildman–Crippen LogP) is 3.21. The van der Waals surface area contributed by atoms with Gasteiger partial charge in [-0.25, -0.2) is 4.98 Å². The van der Waals surface area contributed by atoms with Crippen LogP contribution in [0.1, 0.15) is 29.6 Å². The van der Waals surface area contributed by atoms with Crippen molar-refractivity contribution in [1.29, 1.82) is 5.26 Å². The van der Waals surface area contributed by atoms with Gasteiger partial charge in [-0.2, -0.15) is 5.26 Å². The first-order chi connectivity index (χ1) is 9.26. The lowest BCUT2D eigenvalue weighted by Crippen LogP contribution is -2.11. The SMILES string of the molecule is N#C[C@H](c1cccc(Br)c1)[C@H](CCO)c1cnco1. The van der Waals surface area contributed by atoms with E-state index in [9.17, 15) is 10.4 Å². The molecule has 0 bridgehead atoms. The molecule has 0 saturated carbocycles. The third-order valence-electron chi connectivity index (χ3n) is 3.01. The van der Waals surface area contributed by atoms with E-state index in [2.05, 4.69) is 27.0 Å². The highest BCUT2D eigenvalue weighted by atomic mass is 79.9. The average molecular weight is 321 g/mol. The van der Waals surface area contributed by atoms with Gasteiger partial charge >= 0.3 is 0 Å². The van der Waals surface area contributed by atoms with E-state index in [-0.39, 0.29) is 18.4 Å². The quantitative estimate of drug-likeness (QED) is 0.918. The Balaban J connectivity index is 2.36. The molecule has 1 N–H and O–H groups in total. The predicted molar refractivity (Wildman–Crippen MR) is 73.4 cm³/mol. The monoisotopic (exact) mass is 320 g/mol. The molecule has 2 aromatic rings. The van der Waals surface area contributed by atoms with Gasteiger partial charge in [0.05, 0.1) is 18.2 Å². The molecule has 0 radical (unpaired) electrons. The zero-order valence-electron chi connectivity index (χ0n) is 10.2. The number of aromatic nitrogens is 1. The molecular weight excluding hydrogens is 308 g/mol. The molecule has 0 spiro atoms. The summed E-state index contributed by atoms with van der Waals surface area (Å²) in [6, 6.07) is 9.91. The van der Waals surface area contributed by atoms with E-state index < -0.39 is 0 Å². The number of nitriles is 1. The van der Waals surface area contributed by atoms with Crippen molar-refractivity contribution in [2.75, 3.05) is 6.61 Å². The van der Waals surface area contributed by atoms with Crippen LogP contribution in [-0.4, -0.2) is 16.7 Å². The fourth-order valence-corrected chi connectivity index (χ4v) is 2.53. The Bertz CT molecular complexity index is 563. The average Bonchev–Trinajstić information content (AvgIpc) is 2.92. The second-order valence-corrected chi connectivity index (χ2v) is 5.10. The molecular formula is C14H13BrN2O2. The molecule has 0 unspecified atom stereocenters. The van der Waals surface area contributed by atoms with Crippen molar-refractivity contribution in [3.05, 3.63) is 52.7 Å². The Morgan fingerprint density at radius 1 is 1.47 bits per heavy atom. The Morgan fingerprint density at radius 3 is 2.89 bits per heavy atom. The Labute approximate surface area is 119 Å². The molecule has 0 aliphatic heterocycles. The van der Waals surface area contributed by atoms with Gasteiger partial charge in [-0.1, -0.05) is 28.1 Å². The zero-order valence-corrected chi connectivity index (χ0v) is 11.7. The van der Waals surface area contributed by atoms with Crippen LogP contribution in [0.15, 0.2) is 45.7 Å². The number of hydrogen-bond acceptors (Lipinski definition) is 4. The highest BCUT2D eigenvalue weighted by Gasteiger charge is 2.27. The van der Waals surface area contributed by atoms with Gasteiger partial charge in [0.2, 0.25) is 0 Å². The number of rotatable bonds is 5. The second-order valence-electron chi connectivity index (χ2n) is 4.18. The summed E-state index contributed by atoms with van der Waals surface area (Å²) < 4.78 is 6.22. The van der Waals surface area contributed by atoms with Crippen LogP contribution in [0.4, 0.5) is 0 Å².